The van der Waals surface area contributed by atoms with Gasteiger partial charge in [0.2, 0.25) is 5.91 Å². The Morgan fingerprint density at radius 1 is 0.833 bits per heavy atom. The van der Waals surface area contributed by atoms with Crippen LogP contribution in [0.1, 0.15) is 18.4 Å². The molecule has 0 spiro atoms. The summed E-state index contributed by atoms with van der Waals surface area (Å²) < 4.78 is 0. The number of carbonyl (C=O) groups excluding carboxylic acids is 1. The predicted octanol–water partition coefficient (Wildman–Crippen LogP) is 4.99. The summed E-state index contributed by atoms with van der Waals surface area (Å²) in [5.74, 6) is 0.202. The first-order chi connectivity index (χ1) is 11.6. The van der Waals surface area contributed by atoms with E-state index in [1.807, 2.05) is 14.1 Å². The molecular weight excluding hydrogens is 294 g/mol. The first-order valence-corrected chi connectivity index (χ1v) is 8.51. The second-order valence-corrected chi connectivity index (χ2v) is 6.72. The van der Waals surface area contributed by atoms with E-state index in [0.717, 1.165) is 12.8 Å². The third kappa shape index (κ3) is 2.39. The number of rotatable bonds is 4. The summed E-state index contributed by atoms with van der Waals surface area (Å²) >= 11 is 0. The van der Waals surface area contributed by atoms with Gasteiger partial charge in [-0.3, -0.25) is 4.79 Å². The summed E-state index contributed by atoms with van der Waals surface area (Å²) in [4.78, 5) is 13.5. The standard InChI is InChI=1S/C22H21NO/c1-23(2)20(24)8-4-5-15-9-10-18-12-11-16-6-3-7-17-13-14-19(15)22(18)21(16)17/h3,6-7,9-14H,4-5,8H2,1-2H3. The van der Waals surface area contributed by atoms with Crippen LogP contribution in [0.4, 0.5) is 0 Å². The van der Waals surface area contributed by atoms with Crippen molar-refractivity contribution in [3.05, 3.63) is 60.2 Å². The molecule has 4 rings (SSSR count). The van der Waals surface area contributed by atoms with Crippen LogP contribution in [0.3, 0.4) is 0 Å². The average molecular weight is 315 g/mol. The monoisotopic (exact) mass is 315 g/mol. The lowest BCUT2D eigenvalue weighted by Crippen LogP contribution is -2.21. The van der Waals surface area contributed by atoms with E-state index >= 15 is 0 Å². The zero-order valence-corrected chi connectivity index (χ0v) is 14.2. The molecule has 0 saturated carbocycles. The lowest BCUT2D eigenvalue weighted by Gasteiger charge is -2.14. The van der Waals surface area contributed by atoms with Crippen molar-refractivity contribution in [1.82, 2.24) is 4.90 Å². The number of carbonyl (C=O) groups is 1. The minimum atomic E-state index is 0.202. The summed E-state index contributed by atoms with van der Waals surface area (Å²) in [7, 11) is 3.64. The number of hydrogen-bond acceptors (Lipinski definition) is 1. The summed E-state index contributed by atoms with van der Waals surface area (Å²) in [6.07, 6.45) is 2.43. The molecule has 2 nitrogen and oxygen atoms in total. The van der Waals surface area contributed by atoms with Gasteiger partial charge in [-0.2, -0.15) is 0 Å². The van der Waals surface area contributed by atoms with Crippen molar-refractivity contribution >= 4 is 38.2 Å². The van der Waals surface area contributed by atoms with Gasteiger partial charge in [0.05, 0.1) is 0 Å². The van der Waals surface area contributed by atoms with Crippen LogP contribution in [-0.2, 0) is 11.2 Å². The minimum Gasteiger partial charge on any atom is -0.349 e. The van der Waals surface area contributed by atoms with E-state index in [2.05, 4.69) is 54.6 Å². The number of aryl methyl sites for hydroxylation is 1. The fourth-order valence-electron chi connectivity index (χ4n) is 3.67. The van der Waals surface area contributed by atoms with Gasteiger partial charge in [-0.1, -0.05) is 54.6 Å². The Hall–Kier alpha value is -2.61. The maximum absolute atomic E-state index is 11.8. The van der Waals surface area contributed by atoms with E-state index in [-0.39, 0.29) is 5.91 Å². The molecule has 0 atom stereocenters. The van der Waals surface area contributed by atoms with E-state index in [0.29, 0.717) is 6.42 Å². The van der Waals surface area contributed by atoms with Gasteiger partial charge in [0.25, 0.3) is 0 Å². The molecule has 0 fully saturated rings. The third-order valence-corrected chi connectivity index (χ3v) is 4.95. The van der Waals surface area contributed by atoms with Crippen molar-refractivity contribution in [3.8, 4) is 0 Å². The summed E-state index contributed by atoms with van der Waals surface area (Å²) in [5, 5.41) is 7.94. The largest absolute Gasteiger partial charge is 0.349 e. The van der Waals surface area contributed by atoms with Crippen LogP contribution in [0.15, 0.2) is 54.6 Å². The van der Waals surface area contributed by atoms with Crippen LogP contribution in [0, 0.1) is 0 Å². The molecule has 120 valence electrons. The predicted molar refractivity (Wildman–Crippen MR) is 102 cm³/mol. The SMILES string of the molecule is CN(C)C(=O)CCCc1ccc2ccc3cccc4ccc1c2c34. The zero-order valence-electron chi connectivity index (χ0n) is 14.2. The molecule has 0 N–H and O–H groups in total. The highest BCUT2D eigenvalue weighted by Gasteiger charge is 2.11. The Kier molecular flexibility index (Phi) is 3.61. The molecule has 0 bridgehead atoms. The van der Waals surface area contributed by atoms with Gasteiger partial charge < -0.3 is 4.90 Å². The molecule has 0 aliphatic carbocycles. The van der Waals surface area contributed by atoms with Crippen molar-refractivity contribution in [2.45, 2.75) is 19.3 Å². The van der Waals surface area contributed by atoms with E-state index in [1.54, 1.807) is 4.90 Å². The van der Waals surface area contributed by atoms with Crippen molar-refractivity contribution in [1.29, 1.82) is 0 Å². The van der Waals surface area contributed by atoms with Gasteiger partial charge in [0.1, 0.15) is 0 Å². The fraction of sp³-hybridized carbons (Fsp3) is 0.227. The molecule has 0 radical (unpaired) electrons. The molecule has 1 amide bonds. The number of nitrogens with zero attached hydrogens (tertiary/aromatic N) is 1. The van der Waals surface area contributed by atoms with Crippen LogP contribution >= 0.6 is 0 Å². The van der Waals surface area contributed by atoms with Gasteiger partial charge in [0.15, 0.2) is 0 Å². The quantitative estimate of drug-likeness (QED) is 0.486. The van der Waals surface area contributed by atoms with Crippen LogP contribution in [-0.4, -0.2) is 24.9 Å². The molecule has 0 saturated heterocycles. The highest BCUT2D eigenvalue weighted by atomic mass is 16.2. The van der Waals surface area contributed by atoms with Crippen LogP contribution in [0.25, 0.3) is 32.3 Å². The van der Waals surface area contributed by atoms with Crippen molar-refractivity contribution in [3.63, 3.8) is 0 Å². The third-order valence-electron chi connectivity index (χ3n) is 4.95. The highest BCUT2D eigenvalue weighted by molar-refractivity contribution is 6.23. The summed E-state index contributed by atoms with van der Waals surface area (Å²) in [6.45, 7) is 0. The normalized spacial score (nSPS) is 11.6. The Balaban J connectivity index is 1.78. The zero-order chi connectivity index (χ0) is 16.7. The second kappa shape index (κ2) is 5.79. The fourth-order valence-corrected chi connectivity index (χ4v) is 3.67. The van der Waals surface area contributed by atoms with Crippen LogP contribution in [0.5, 0.6) is 0 Å². The minimum absolute atomic E-state index is 0.202. The Bertz CT molecular complexity index is 1020. The van der Waals surface area contributed by atoms with Crippen LogP contribution < -0.4 is 0 Å². The average Bonchev–Trinajstić information content (AvgIpc) is 2.60. The Morgan fingerprint density at radius 2 is 1.46 bits per heavy atom. The molecule has 24 heavy (non-hydrogen) atoms. The van der Waals surface area contributed by atoms with E-state index < -0.39 is 0 Å². The lowest BCUT2D eigenvalue weighted by atomic mass is 9.90. The van der Waals surface area contributed by atoms with E-state index in [4.69, 9.17) is 0 Å². The highest BCUT2D eigenvalue weighted by Crippen LogP contribution is 2.36. The molecule has 0 heterocycles. The van der Waals surface area contributed by atoms with Crippen molar-refractivity contribution in [2.75, 3.05) is 14.1 Å². The van der Waals surface area contributed by atoms with Crippen molar-refractivity contribution < 1.29 is 4.79 Å². The lowest BCUT2D eigenvalue weighted by molar-refractivity contribution is -0.128. The molecule has 4 aromatic carbocycles. The van der Waals surface area contributed by atoms with E-state index in [9.17, 15) is 4.79 Å². The Morgan fingerprint density at radius 3 is 2.17 bits per heavy atom. The molecule has 4 aromatic rings. The maximum atomic E-state index is 11.8. The number of benzene rings is 4. The van der Waals surface area contributed by atoms with Crippen molar-refractivity contribution in [2.24, 2.45) is 0 Å². The molecule has 0 aliphatic heterocycles. The van der Waals surface area contributed by atoms with Gasteiger partial charge in [-0.05, 0) is 50.7 Å². The van der Waals surface area contributed by atoms with E-state index in [1.165, 1.54) is 37.9 Å². The molecule has 0 aliphatic rings. The summed E-state index contributed by atoms with van der Waals surface area (Å²) in [6, 6.07) is 19.8. The number of hydrogen-bond donors (Lipinski definition) is 0. The van der Waals surface area contributed by atoms with Crippen LogP contribution in [0.2, 0.25) is 0 Å². The number of amides is 1. The molecule has 2 heteroatoms. The molecule has 0 aromatic heterocycles. The maximum Gasteiger partial charge on any atom is 0.222 e. The first-order valence-electron chi connectivity index (χ1n) is 8.51. The smallest absolute Gasteiger partial charge is 0.222 e. The first kappa shape index (κ1) is 14.9. The topological polar surface area (TPSA) is 20.3 Å². The van der Waals surface area contributed by atoms with Gasteiger partial charge >= 0.3 is 0 Å². The van der Waals surface area contributed by atoms with Gasteiger partial charge in [-0.25, -0.2) is 0 Å². The van der Waals surface area contributed by atoms with Gasteiger partial charge in [0, 0.05) is 20.5 Å². The van der Waals surface area contributed by atoms with Gasteiger partial charge in [-0.15, -0.1) is 0 Å². The Labute approximate surface area is 142 Å². The summed E-state index contributed by atoms with van der Waals surface area (Å²) in [5.41, 5.74) is 1.34. The molecular formula is C22H21NO. The second-order valence-electron chi connectivity index (χ2n) is 6.72. The molecule has 0 unspecified atom stereocenters.